The van der Waals surface area contributed by atoms with Gasteiger partial charge in [0.1, 0.15) is 0 Å². The first-order chi connectivity index (χ1) is 15.3. The predicted molar refractivity (Wildman–Crippen MR) is 137 cm³/mol. The summed E-state index contributed by atoms with van der Waals surface area (Å²) < 4.78 is 0. The van der Waals surface area contributed by atoms with Crippen molar-refractivity contribution in [3.8, 4) is 0 Å². The summed E-state index contributed by atoms with van der Waals surface area (Å²) >= 11 is 0. The molecule has 3 rings (SSSR count). The third kappa shape index (κ3) is 5.37. The average molecular weight is 430 g/mol. The summed E-state index contributed by atoms with van der Waals surface area (Å²) in [5.74, 6) is 0.330. The Balaban J connectivity index is 2.10. The van der Waals surface area contributed by atoms with Crippen LogP contribution in [0.1, 0.15) is 56.6 Å². The summed E-state index contributed by atoms with van der Waals surface area (Å²) in [6.07, 6.45) is 9.31. The number of nitrogens with one attached hydrogen (secondary N) is 1. The van der Waals surface area contributed by atoms with E-state index in [4.69, 9.17) is 9.98 Å². The maximum absolute atomic E-state index is 9.87. The van der Waals surface area contributed by atoms with E-state index in [0.717, 1.165) is 48.4 Å². The molecule has 0 radical (unpaired) electrons. The van der Waals surface area contributed by atoms with Crippen molar-refractivity contribution in [1.29, 1.82) is 0 Å². The Morgan fingerprint density at radius 3 is 2.56 bits per heavy atom. The molecule has 4 heteroatoms. The van der Waals surface area contributed by atoms with Crippen molar-refractivity contribution in [2.75, 3.05) is 0 Å². The molecule has 2 N–H and O–H groups in total. The summed E-state index contributed by atoms with van der Waals surface area (Å²) in [6.45, 7) is 20.2. The van der Waals surface area contributed by atoms with Crippen LogP contribution in [0.5, 0.6) is 0 Å². The molecule has 2 aliphatic rings. The molecule has 4 unspecified atom stereocenters. The zero-order chi connectivity index (χ0) is 23.3. The summed E-state index contributed by atoms with van der Waals surface area (Å²) in [6, 6.07) is 8.31. The molecule has 2 heterocycles. The summed E-state index contributed by atoms with van der Waals surface area (Å²) in [5, 5.41) is 13.0. The van der Waals surface area contributed by atoms with E-state index in [0.29, 0.717) is 0 Å². The third-order valence-electron chi connectivity index (χ3n) is 6.27. The first kappa shape index (κ1) is 23.5. The van der Waals surface area contributed by atoms with Crippen molar-refractivity contribution < 1.29 is 5.11 Å². The molecule has 0 aliphatic carbocycles. The van der Waals surface area contributed by atoms with E-state index in [1.54, 1.807) is 0 Å². The van der Waals surface area contributed by atoms with E-state index < -0.39 is 0 Å². The van der Waals surface area contributed by atoms with Gasteiger partial charge in [0, 0.05) is 23.2 Å². The van der Waals surface area contributed by atoms with Gasteiger partial charge in [-0.25, -0.2) is 0 Å². The topological polar surface area (TPSA) is 57.0 Å². The molecule has 4 nitrogen and oxygen atoms in total. The lowest BCUT2D eigenvalue weighted by Gasteiger charge is -2.33. The quantitative estimate of drug-likeness (QED) is 0.419. The number of rotatable bonds is 5. The molecule has 0 amide bonds. The van der Waals surface area contributed by atoms with Gasteiger partial charge in [0.15, 0.2) is 5.88 Å². The number of nitrogens with zero attached hydrogens (tertiary/aromatic N) is 2. The van der Waals surface area contributed by atoms with Crippen LogP contribution in [0.3, 0.4) is 0 Å². The highest BCUT2D eigenvalue weighted by atomic mass is 16.3. The molecule has 0 saturated carbocycles. The highest BCUT2D eigenvalue weighted by Gasteiger charge is 2.33. The SMILES string of the molecule is C=CC1=NC2C(=C)/N=C(/C=C(C)C)CCC(NC(=C)O)C(C=C)CCC2c2ccccc21. The van der Waals surface area contributed by atoms with Crippen LogP contribution in [0.2, 0.25) is 0 Å². The molecule has 32 heavy (non-hydrogen) atoms. The van der Waals surface area contributed by atoms with Gasteiger partial charge in [-0.1, -0.05) is 49.1 Å². The molecule has 4 atom stereocenters. The monoisotopic (exact) mass is 429 g/mol. The van der Waals surface area contributed by atoms with E-state index in [1.807, 2.05) is 18.2 Å². The fraction of sp³-hybridized carbons (Fsp3) is 0.357. The first-order valence-corrected chi connectivity index (χ1v) is 11.3. The number of aliphatic hydroxyl groups excluding tert-OH is 1. The highest BCUT2D eigenvalue weighted by Crippen LogP contribution is 2.39. The zero-order valence-corrected chi connectivity index (χ0v) is 19.3. The minimum Gasteiger partial charge on any atom is -0.495 e. The fourth-order valence-corrected chi connectivity index (χ4v) is 4.83. The Morgan fingerprint density at radius 1 is 1.16 bits per heavy atom. The highest BCUT2D eigenvalue weighted by molar-refractivity contribution is 6.10. The smallest absolute Gasteiger partial charge is 0.176 e. The standard InChI is InChI=1S/C28H35N3O/c1-7-21-13-15-25-23-11-9-10-12-24(23)26(8-2)31-28(25)19(5)29-22(17-18(3)4)14-16-27(21)30-20(6)32/h7-12,17,21,25,27-28,30,32H,1-2,5-6,13-16H2,3-4H3/b29-22+. The molecule has 0 saturated heterocycles. The second-order valence-corrected chi connectivity index (χ2v) is 8.89. The van der Waals surface area contributed by atoms with Crippen LogP contribution in [0.4, 0.5) is 0 Å². The molecule has 168 valence electrons. The molecule has 2 aliphatic heterocycles. The lowest BCUT2D eigenvalue weighted by molar-refractivity contribution is 0.296. The van der Waals surface area contributed by atoms with E-state index >= 15 is 0 Å². The molecule has 1 aromatic carbocycles. The Morgan fingerprint density at radius 2 is 1.91 bits per heavy atom. The van der Waals surface area contributed by atoms with Crippen LogP contribution in [0.15, 0.2) is 95.9 Å². The van der Waals surface area contributed by atoms with Crippen LogP contribution in [-0.4, -0.2) is 28.6 Å². The van der Waals surface area contributed by atoms with Crippen molar-refractivity contribution in [1.82, 2.24) is 5.32 Å². The maximum atomic E-state index is 9.87. The van der Waals surface area contributed by atoms with Crippen LogP contribution >= 0.6 is 0 Å². The van der Waals surface area contributed by atoms with Gasteiger partial charge in [-0.3, -0.25) is 9.98 Å². The number of allylic oxidation sites excluding steroid dienone is 3. The number of aliphatic imine (C=N–C) groups is 2. The van der Waals surface area contributed by atoms with Crippen molar-refractivity contribution >= 4 is 11.4 Å². The molecule has 0 aromatic heterocycles. The minimum absolute atomic E-state index is 0.0112. The fourth-order valence-electron chi connectivity index (χ4n) is 4.83. The van der Waals surface area contributed by atoms with Crippen molar-refractivity contribution in [3.05, 3.63) is 97.1 Å². The summed E-state index contributed by atoms with van der Waals surface area (Å²) in [4.78, 5) is 10.0. The minimum atomic E-state index is -0.138. The summed E-state index contributed by atoms with van der Waals surface area (Å²) in [7, 11) is 0. The maximum Gasteiger partial charge on any atom is 0.176 e. The van der Waals surface area contributed by atoms with Gasteiger partial charge >= 0.3 is 0 Å². The Kier molecular flexibility index (Phi) is 7.68. The molecular formula is C28H35N3O. The normalized spacial score (nSPS) is 27.2. The van der Waals surface area contributed by atoms with Gasteiger partial charge in [-0.2, -0.15) is 0 Å². The molecular weight excluding hydrogens is 394 g/mol. The van der Waals surface area contributed by atoms with Crippen molar-refractivity contribution in [3.63, 3.8) is 0 Å². The van der Waals surface area contributed by atoms with Crippen molar-refractivity contribution in [2.24, 2.45) is 15.9 Å². The van der Waals surface area contributed by atoms with Gasteiger partial charge in [-0.15, -0.1) is 6.58 Å². The molecule has 0 bridgehead atoms. The van der Waals surface area contributed by atoms with Crippen molar-refractivity contribution in [2.45, 2.75) is 57.5 Å². The Bertz CT molecular complexity index is 994. The van der Waals surface area contributed by atoms with Crippen LogP contribution in [0, 0.1) is 5.92 Å². The Labute approximate surface area is 192 Å². The zero-order valence-electron chi connectivity index (χ0n) is 19.3. The van der Waals surface area contributed by atoms with Crippen LogP contribution in [-0.2, 0) is 0 Å². The van der Waals surface area contributed by atoms with Crippen LogP contribution in [0.25, 0.3) is 0 Å². The third-order valence-corrected chi connectivity index (χ3v) is 6.27. The first-order valence-electron chi connectivity index (χ1n) is 11.3. The van der Waals surface area contributed by atoms with E-state index in [9.17, 15) is 5.11 Å². The van der Waals surface area contributed by atoms with Gasteiger partial charge in [0.25, 0.3) is 0 Å². The molecule has 0 spiro atoms. The second-order valence-electron chi connectivity index (χ2n) is 8.89. The Hall–Kier alpha value is -3.14. The predicted octanol–water partition coefficient (Wildman–Crippen LogP) is 6.41. The number of hydrogen-bond donors (Lipinski definition) is 2. The second kappa shape index (κ2) is 10.4. The molecule has 1 aromatic rings. The lowest BCUT2D eigenvalue weighted by atomic mass is 9.78. The largest absolute Gasteiger partial charge is 0.495 e. The van der Waals surface area contributed by atoms with Gasteiger partial charge in [0.05, 0.1) is 17.5 Å². The van der Waals surface area contributed by atoms with Crippen LogP contribution < -0.4 is 5.32 Å². The lowest BCUT2D eigenvalue weighted by Crippen LogP contribution is -2.35. The molecule has 0 fully saturated rings. The van der Waals surface area contributed by atoms with Gasteiger partial charge < -0.3 is 10.4 Å². The number of benzene rings is 1. The average Bonchev–Trinajstić information content (AvgIpc) is 2.77. The number of aliphatic hydroxyl groups is 1. The van der Waals surface area contributed by atoms with E-state index in [-0.39, 0.29) is 29.8 Å². The van der Waals surface area contributed by atoms with Gasteiger partial charge in [0.2, 0.25) is 0 Å². The van der Waals surface area contributed by atoms with E-state index in [1.165, 1.54) is 11.1 Å². The number of fused-ring (bicyclic) bond motifs is 3. The van der Waals surface area contributed by atoms with Gasteiger partial charge in [-0.05, 0) is 69.7 Å². The summed E-state index contributed by atoms with van der Waals surface area (Å²) in [5.41, 5.74) is 6.23. The van der Waals surface area contributed by atoms with E-state index in [2.05, 4.69) is 69.8 Å². The number of hydrogen-bond acceptors (Lipinski definition) is 4.